The molecule has 0 aromatic rings. The van der Waals surface area contributed by atoms with Crippen LogP contribution >= 0.6 is 12.6 Å². The third-order valence-corrected chi connectivity index (χ3v) is 9.29. The number of thiol groups is 1. The predicted molar refractivity (Wildman–Crippen MR) is 96.5 cm³/mol. The summed E-state index contributed by atoms with van der Waals surface area (Å²) in [6.45, 7) is 13.8. The van der Waals surface area contributed by atoms with Crippen molar-refractivity contribution in [3.05, 3.63) is 0 Å². The average molecular weight is 379 g/mol. The predicted octanol–water partition coefficient (Wildman–Crippen LogP) is 2.92. The Balaban J connectivity index is 2.90. The largest absolute Gasteiger partial charge is 0.457 e. The lowest BCUT2D eigenvalue weighted by Gasteiger charge is -2.44. The Morgan fingerprint density at radius 3 is 2.29 bits per heavy atom. The van der Waals surface area contributed by atoms with Crippen molar-refractivity contribution in [1.29, 1.82) is 0 Å². The first-order chi connectivity index (χ1) is 10.9. The lowest BCUT2D eigenvalue weighted by Crippen LogP contribution is -2.54. The van der Waals surface area contributed by atoms with Gasteiger partial charge >= 0.3 is 11.9 Å². The molecule has 140 valence electrons. The first-order valence-corrected chi connectivity index (χ1v) is 11.7. The standard InChI is InChI=1S/C16H30O6SSi/c1-10-15(20-11(2)17)12(21-13(18)9-23)8-14(19-10)22-24(6,7)16(3,4)5/h10,12,14-15,23H,8-9H2,1-7H3/t10-,12-,14+,15-/m0/s1. The fourth-order valence-electron chi connectivity index (χ4n) is 2.26. The van der Waals surface area contributed by atoms with Gasteiger partial charge in [-0.25, -0.2) is 0 Å². The molecule has 1 aliphatic rings. The van der Waals surface area contributed by atoms with Gasteiger partial charge in [-0.2, -0.15) is 12.6 Å². The van der Waals surface area contributed by atoms with Gasteiger partial charge in [0.05, 0.1) is 11.9 Å². The van der Waals surface area contributed by atoms with E-state index in [0.717, 1.165) is 0 Å². The quantitative estimate of drug-likeness (QED) is 0.451. The van der Waals surface area contributed by atoms with E-state index < -0.39 is 44.9 Å². The molecule has 0 saturated carbocycles. The molecule has 4 atom stereocenters. The molecule has 1 saturated heterocycles. The number of hydrogen-bond acceptors (Lipinski definition) is 7. The van der Waals surface area contributed by atoms with Crippen LogP contribution in [0.5, 0.6) is 0 Å². The number of hydrogen-bond donors (Lipinski definition) is 1. The van der Waals surface area contributed by atoms with Gasteiger partial charge < -0.3 is 18.6 Å². The molecular formula is C16H30O6SSi. The van der Waals surface area contributed by atoms with Gasteiger partial charge in [0.25, 0.3) is 0 Å². The summed E-state index contributed by atoms with van der Waals surface area (Å²) < 4.78 is 22.9. The summed E-state index contributed by atoms with van der Waals surface area (Å²) >= 11 is 3.93. The van der Waals surface area contributed by atoms with E-state index in [0.29, 0.717) is 6.42 Å². The summed E-state index contributed by atoms with van der Waals surface area (Å²) in [7, 11) is -2.04. The van der Waals surface area contributed by atoms with Crippen LogP contribution in [0.25, 0.3) is 0 Å². The van der Waals surface area contributed by atoms with E-state index in [2.05, 4.69) is 46.5 Å². The van der Waals surface area contributed by atoms with Crippen LogP contribution in [0.3, 0.4) is 0 Å². The molecule has 8 heteroatoms. The van der Waals surface area contributed by atoms with Crippen LogP contribution in [-0.4, -0.2) is 50.6 Å². The maximum Gasteiger partial charge on any atom is 0.316 e. The van der Waals surface area contributed by atoms with Crippen molar-refractivity contribution >= 4 is 32.9 Å². The summed E-state index contributed by atoms with van der Waals surface area (Å²) in [5, 5.41) is 0.0314. The van der Waals surface area contributed by atoms with Gasteiger partial charge in [0.1, 0.15) is 6.10 Å². The van der Waals surface area contributed by atoms with Crippen molar-refractivity contribution in [2.45, 2.75) is 83.8 Å². The van der Waals surface area contributed by atoms with Crippen LogP contribution in [0.15, 0.2) is 0 Å². The Kier molecular flexibility index (Phi) is 7.34. The van der Waals surface area contributed by atoms with Gasteiger partial charge in [-0.05, 0) is 25.1 Å². The minimum absolute atomic E-state index is 0.0314. The second-order valence-electron chi connectivity index (χ2n) is 7.65. The number of rotatable bonds is 5. The second kappa shape index (κ2) is 8.20. The lowest BCUT2D eigenvalue weighted by molar-refractivity contribution is -0.236. The lowest BCUT2D eigenvalue weighted by atomic mass is 10.0. The van der Waals surface area contributed by atoms with E-state index in [1.54, 1.807) is 6.92 Å². The number of ether oxygens (including phenoxy) is 3. The molecule has 1 heterocycles. The van der Waals surface area contributed by atoms with E-state index in [1.807, 2.05) is 0 Å². The second-order valence-corrected chi connectivity index (χ2v) is 12.7. The topological polar surface area (TPSA) is 71.1 Å². The smallest absolute Gasteiger partial charge is 0.316 e. The van der Waals surface area contributed by atoms with Crippen molar-refractivity contribution in [1.82, 2.24) is 0 Å². The molecular weight excluding hydrogens is 348 g/mol. The molecule has 24 heavy (non-hydrogen) atoms. The Bertz CT molecular complexity index is 462. The number of carbonyl (C=O) groups is 2. The molecule has 6 nitrogen and oxygen atoms in total. The normalized spacial score (nSPS) is 28.3. The van der Waals surface area contributed by atoms with E-state index >= 15 is 0 Å². The minimum Gasteiger partial charge on any atom is -0.457 e. The SMILES string of the molecule is CC(=O)O[C@H]1[C@H](C)O[C@H](O[Si](C)(C)C(C)(C)C)C[C@@H]1OC(=O)CS. The Morgan fingerprint density at radius 1 is 1.25 bits per heavy atom. The highest BCUT2D eigenvalue weighted by Gasteiger charge is 2.46. The molecule has 1 rings (SSSR count). The molecule has 0 bridgehead atoms. The zero-order valence-corrected chi connectivity index (χ0v) is 17.5. The van der Waals surface area contributed by atoms with Crippen molar-refractivity contribution < 1.29 is 28.2 Å². The average Bonchev–Trinajstić information content (AvgIpc) is 2.40. The molecule has 0 aliphatic carbocycles. The summed E-state index contributed by atoms with van der Waals surface area (Å²) in [6, 6.07) is 0. The van der Waals surface area contributed by atoms with Gasteiger partial charge in [0, 0.05) is 13.3 Å². The van der Waals surface area contributed by atoms with Gasteiger partial charge in [0.15, 0.2) is 20.7 Å². The Labute approximate surface area is 151 Å². The van der Waals surface area contributed by atoms with Crippen LogP contribution < -0.4 is 0 Å². The first kappa shape index (κ1) is 21.5. The molecule has 0 amide bonds. The van der Waals surface area contributed by atoms with Crippen LogP contribution in [0.1, 0.15) is 41.0 Å². The maximum absolute atomic E-state index is 11.7. The number of carbonyl (C=O) groups excluding carboxylic acids is 2. The molecule has 0 aromatic carbocycles. The molecule has 0 spiro atoms. The van der Waals surface area contributed by atoms with Crippen molar-refractivity contribution in [2.75, 3.05) is 5.75 Å². The summed E-state index contributed by atoms with van der Waals surface area (Å²) in [5.74, 6) is -0.932. The van der Waals surface area contributed by atoms with Crippen LogP contribution in [0, 0.1) is 0 Å². The molecule has 0 aromatic heterocycles. The van der Waals surface area contributed by atoms with E-state index in [-0.39, 0.29) is 10.8 Å². The Hall–Kier alpha value is -0.573. The highest BCUT2D eigenvalue weighted by atomic mass is 32.1. The van der Waals surface area contributed by atoms with Crippen molar-refractivity contribution in [2.24, 2.45) is 0 Å². The highest BCUT2D eigenvalue weighted by molar-refractivity contribution is 7.81. The molecule has 0 radical (unpaired) electrons. The van der Waals surface area contributed by atoms with E-state index in [1.165, 1.54) is 6.92 Å². The highest BCUT2D eigenvalue weighted by Crippen LogP contribution is 2.39. The van der Waals surface area contributed by atoms with Gasteiger partial charge in [0.2, 0.25) is 0 Å². The first-order valence-electron chi connectivity index (χ1n) is 8.18. The fraction of sp³-hybridized carbons (Fsp3) is 0.875. The molecule has 0 N–H and O–H groups in total. The van der Waals surface area contributed by atoms with Crippen LogP contribution in [0.2, 0.25) is 18.1 Å². The van der Waals surface area contributed by atoms with Crippen molar-refractivity contribution in [3.63, 3.8) is 0 Å². The monoisotopic (exact) mass is 378 g/mol. The van der Waals surface area contributed by atoms with Crippen molar-refractivity contribution in [3.8, 4) is 0 Å². The van der Waals surface area contributed by atoms with Crippen LogP contribution in [-0.2, 0) is 28.2 Å². The fourth-order valence-corrected chi connectivity index (χ4v) is 3.50. The van der Waals surface area contributed by atoms with Gasteiger partial charge in [-0.3, -0.25) is 9.59 Å². The molecule has 1 fully saturated rings. The maximum atomic E-state index is 11.7. The molecule has 0 unspecified atom stereocenters. The molecule has 1 aliphatic heterocycles. The third kappa shape index (κ3) is 5.75. The number of esters is 2. The van der Waals surface area contributed by atoms with Gasteiger partial charge in [-0.15, -0.1) is 0 Å². The third-order valence-electron chi connectivity index (χ3n) is 4.57. The summed E-state index contributed by atoms with van der Waals surface area (Å²) in [6.07, 6.45) is -1.85. The zero-order chi connectivity index (χ0) is 18.7. The summed E-state index contributed by atoms with van der Waals surface area (Å²) in [4.78, 5) is 23.0. The minimum atomic E-state index is -2.04. The van der Waals surface area contributed by atoms with E-state index in [4.69, 9.17) is 18.6 Å². The summed E-state index contributed by atoms with van der Waals surface area (Å²) in [5.41, 5.74) is 0. The van der Waals surface area contributed by atoms with Gasteiger partial charge in [-0.1, -0.05) is 20.8 Å². The van der Waals surface area contributed by atoms with E-state index in [9.17, 15) is 9.59 Å². The van der Waals surface area contributed by atoms with Crippen LogP contribution in [0.4, 0.5) is 0 Å². The Morgan fingerprint density at radius 2 is 1.83 bits per heavy atom. The zero-order valence-electron chi connectivity index (χ0n) is 15.6.